The minimum Gasteiger partial charge on any atom is -0.381 e. The summed E-state index contributed by atoms with van der Waals surface area (Å²) in [6.07, 6.45) is 4.85. The summed E-state index contributed by atoms with van der Waals surface area (Å²) in [5.41, 5.74) is 1.36. The number of hydrogen-bond acceptors (Lipinski definition) is 4. The molecule has 1 aliphatic carbocycles. The van der Waals surface area contributed by atoms with Crippen LogP contribution < -0.4 is 5.32 Å². The van der Waals surface area contributed by atoms with Crippen LogP contribution in [0.5, 0.6) is 0 Å². The Kier molecular flexibility index (Phi) is 3.43. The van der Waals surface area contributed by atoms with Gasteiger partial charge in [-0.1, -0.05) is 6.92 Å². The highest BCUT2D eigenvalue weighted by Crippen LogP contribution is 2.39. The first-order chi connectivity index (χ1) is 8.74. The van der Waals surface area contributed by atoms with Crippen molar-refractivity contribution in [2.45, 2.75) is 45.1 Å². The monoisotopic (exact) mass is 266 g/mol. The Morgan fingerprint density at radius 1 is 1.50 bits per heavy atom. The van der Waals surface area contributed by atoms with Crippen molar-refractivity contribution >= 4 is 11.3 Å². The average Bonchev–Trinajstić information content (AvgIpc) is 3.05. The third kappa shape index (κ3) is 2.00. The first kappa shape index (κ1) is 12.6. The van der Waals surface area contributed by atoms with E-state index in [1.807, 2.05) is 11.3 Å². The number of ether oxygens (including phenoxy) is 1. The van der Waals surface area contributed by atoms with Crippen LogP contribution in [0.25, 0.3) is 0 Å². The number of fused-ring (bicyclic) bond motifs is 1. The molecule has 2 aliphatic rings. The molecule has 1 N–H and O–H groups in total. The Balaban J connectivity index is 1.91. The molecule has 3 rings (SSSR count). The fourth-order valence-corrected chi connectivity index (χ4v) is 4.52. The standard InChI is InChI=1S/C14H22N2OS/c1-3-15-14(2,10-7-8-17-9-10)13-16-11-5-4-6-12(11)18-13/h10,15H,3-9H2,1-2H3. The van der Waals surface area contributed by atoms with Crippen molar-refractivity contribution < 1.29 is 4.74 Å². The van der Waals surface area contributed by atoms with Crippen molar-refractivity contribution in [3.8, 4) is 0 Å². The average molecular weight is 266 g/mol. The van der Waals surface area contributed by atoms with Crippen LogP contribution in [0, 0.1) is 5.92 Å². The SMILES string of the molecule is CCNC(C)(c1nc2c(s1)CCC2)C1CCOC1. The highest BCUT2D eigenvalue weighted by atomic mass is 32.1. The van der Waals surface area contributed by atoms with E-state index in [1.165, 1.54) is 34.8 Å². The number of nitrogens with zero attached hydrogens (tertiary/aromatic N) is 1. The Bertz CT molecular complexity index is 404. The summed E-state index contributed by atoms with van der Waals surface area (Å²) in [6.45, 7) is 7.24. The van der Waals surface area contributed by atoms with Gasteiger partial charge in [-0.05, 0) is 39.2 Å². The minimum absolute atomic E-state index is 0.000255. The predicted molar refractivity (Wildman–Crippen MR) is 74.1 cm³/mol. The zero-order chi connectivity index (χ0) is 12.6. The topological polar surface area (TPSA) is 34.2 Å². The number of rotatable bonds is 4. The zero-order valence-electron chi connectivity index (χ0n) is 11.3. The van der Waals surface area contributed by atoms with Crippen molar-refractivity contribution in [1.82, 2.24) is 10.3 Å². The van der Waals surface area contributed by atoms with Crippen LogP contribution >= 0.6 is 11.3 Å². The van der Waals surface area contributed by atoms with Gasteiger partial charge in [0.25, 0.3) is 0 Å². The Hall–Kier alpha value is -0.450. The molecule has 100 valence electrons. The molecule has 1 aliphatic heterocycles. The molecule has 1 fully saturated rings. The van der Waals surface area contributed by atoms with Crippen molar-refractivity contribution in [1.29, 1.82) is 0 Å². The molecule has 1 saturated heterocycles. The number of nitrogens with one attached hydrogen (secondary N) is 1. The maximum Gasteiger partial charge on any atom is 0.113 e. The summed E-state index contributed by atoms with van der Waals surface area (Å²) in [7, 11) is 0. The molecule has 0 spiro atoms. The highest BCUT2D eigenvalue weighted by molar-refractivity contribution is 7.12. The summed E-state index contributed by atoms with van der Waals surface area (Å²) >= 11 is 1.93. The van der Waals surface area contributed by atoms with Gasteiger partial charge in [-0.15, -0.1) is 11.3 Å². The highest BCUT2D eigenvalue weighted by Gasteiger charge is 2.40. The van der Waals surface area contributed by atoms with Crippen LogP contribution in [0.2, 0.25) is 0 Å². The number of aromatic nitrogens is 1. The van der Waals surface area contributed by atoms with Crippen LogP contribution in [0.3, 0.4) is 0 Å². The quantitative estimate of drug-likeness (QED) is 0.909. The molecule has 0 bridgehead atoms. The molecule has 0 amide bonds. The maximum absolute atomic E-state index is 5.59. The first-order valence-corrected chi connectivity index (χ1v) is 7.87. The van der Waals surface area contributed by atoms with Gasteiger partial charge in [0.05, 0.1) is 17.8 Å². The van der Waals surface area contributed by atoms with E-state index in [0.717, 1.165) is 26.2 Å². The Morgan fingerprint density at radius 3 is 3.06 bits per heavy atom. The number of aryl methyl sites for hydroxylation is 2. The van der Waals surface area contributed by atoms with Crippen molar-refractivity contribution in [3.05, 3.63) is 15.6 Å². The van der Waals surface area contributed by atoms with E-state index in [9.17, 15) is 0 Å². The number of thiazole rings is 1. The van der Waals surface area contributed by atoms with Gasteiger partial charge in [0.1, 0.15) is 5.01 Å². The Morgan fingerprint density at radius 2 is 2.39 bits per heavy atom. The lowest BCUT2D eigenvalue weighted by molar-refractivity contribution is 0.153. The van der Waals surface area contributed by atoms with Gasteiger partial charge in [-0.3, -0.25) is 0 Å². The molecule has 4 heteroatoms. The fraction of sp³-hybridized carbons (Fsp3) is 0.786. The third-order valence-corrected chi connectivity index (χ3v) is 5.72. The largest absolute Gasteiger partial charge is 0.381 e. The lowest BCUT2D eigenvalue weighted by Gasteiger charge is -2.34. The van der Waals surface area contributed by atoms with Crippen LogP contribution in [-0.4, -0.2) is 24.7 Å². The second-order valence-corrected chi connectivity index (χ2v) is 6.62. The molecule has 0 radical (unpaired) electrons. The van der Waals surface area contributed by atoms with Gasteiger partial charge in [0.15, 0.2) is 0 Å². The first-order valence-electron chi connectivity index (χ1n) is 7.06. The van der Waals surface area contributed by atoms with Gasteiger partial charge >= 0.3 is 0 Å². The van der Waals surface area contributed by atoms with Crippen LogP contribution in [0.4, 0.5) is 0 Å². The molecule has 3 nitrogen and oxygen atoms in total. The molecule has 0 aromatic carbocycles. The summed E-state index contributed by atoms with van der Waals surface area (Å²) < 4.78 is 5.59. The van der Waals surface area contributed by atoms with Crippen LogP contribution in [0.15, 0.2) is 0 Å². The van der Waals surface area contributed by atoms with E-state index in [2.05, 4.69) is 19.2 Å². The van der Waals surface area contributed by atoms with Crippen LogP contribution in [0.1, 0.15) is 42.3 Å². The second-order valence-electron chi connectivity index (χ2n) is 5.54. The summed E-state index contributed by atoms with van der Waals surface area (Å²) in [6, 6.07) is 0. The lowest BCUT2D eigenvalue weighted by atomic mass is 9.85. The molecule has 2 atom stereocenters. The van der Waals surface area contributed by atoms with Gasteiger partial charge in [0.2, 0.25) is 0 Å². The molecule has 1 aromatic heterocycles. The molecular formula is C14H22N2OS. The van der Waals surface area contributed by atoms with Crippen molar-refractivity contribution in [3.63, 3.8) is 0 Å². The molecule has 2 unspecified atom stereocenters. The molecule has 18 heavy (non-hydrogen) atoms. The lowest BCUT2D eigenvalue weighted by Crippen LogP contribution is -2.46. The maximum atomic E-state index is 5.59. The van der Waals surface area contributed by atoms with E-state index in [1.54, 1.807) is 0 Å². The van der Waals surface area contributed by atoms with Crippen molar-refractivity contribution in [2.75, 3.05) is 19.8 Å². The van der Waals surface area contributed by atoms with Gasteiger partial charge in [-0.2, -0.15) is 0 Å². The predicted octanol–water partition coefficient (Wildman–Crippen LogP) is 2.49. The van der Waals surface area contributed by atoms with Gasteiger partial charge in [0, 0.05) is 17.4 Å². The number of hydrogen-bond donors (Lipinski definition) is 1. The van der Waals surface area contributed by atoms with Crippen molar-refractivity contribution in [2.24, 2.45) is 5.92 Å². The van der Waals surface area contributed by atoms with E-state index in [-0.39, 0.29) is 5.54 Å². The van der Waals surface area contributed by atoms with Crippen LogP contribution in [-0.2, 0) is 23.1 Å². The van der Waals surface area contributed by atoms with Gasteiger partial charge in [-0.25, -0.2) is 4.98 Å². The molecule has 1 aromatic rings. The third-order valence-electron chi connectivity index (χ3n) is 4.33. The molecular weight excluding hydrogens is 244 g/mol. The summed E-state index contributed by atoms with van der Waals surface area (Å²) in [5, 5.41) is 4.96. The minimum atomic E-state index is 0.000255. The molecule has 2 heterocycles. The Labute approximate surface area is 113 Å². The summed E-state index contributed by atoms with van der Waals surface area (Å²) in [5.74, 6) is 0.559. The normalized spacial score (nSPS) is 26.2. The fourth-order valence-electron chi connectivity index (χ4n) is 3.16. The van der Waals surface area contributed by atoms with Gasteiger partial charge < -0.3 is 10.1 Å². The smallest absolute Gasteiger partial charge is 0.113 e. The van der Waals surface area contributed by atoms with E-state index in [0.29, 0.717) is 5.92 Å². The zero-order valence-corrected chi connectivity index (χ0v) is 12.1. The van der Waals surface area contributed by atoms with E-state index in [4.69, 9.17) is 9.72 Å². The second kappa shape index (κ2) is 4.91. The van der Waals surface area contributed by atoms with E-state index < -0.39 is 0 Å². The molecule has 0 saturated carbocycles. The summed E-state index contributed by atoms with van der Waals surface area (Å²) in [4.78, 5) is 6.45. The van der Waals surface area contributed by atoms with E-state index >= 15 is 0 Å².